The lowest BCUT2D eigenvalue weighted by Gasteiger charge is -2.10. The largest absolute Gasteiger partial charge is 0.465 e. The second-order valence-corrected chi connectivity index (χ2v) is 6.40. The summed E-state index contributed by atoms with van der Waals surface area (Å²) in [6.45, 7) is 5.80. The summed E-state index contributed by atoms with van der Waals surface area (Å²) >= 11 is 6.75. The van der Waals surface area contributed by atoms with Crippen molar-refractivity contribution in [1.82, 2.24) is 9.97 Å². The van der Waals surface area contributed by atoms with E-state index < -0.39 is 5.97 Å². The van der Waals surface area contributed by atoms with Gasteiger partial charge in [-0.15, -0.1) is 11.3 Å². The molecule has 0 spiro atoms. The highest BCUT2D eigenvalue weighted by molar-refractivity contribution is 7.80. The zero-order chi connectivity index (χ0) is 17.0. The first-order chi connectivity index (χ1) is 10.9. The van der Waals surface area contributed by atoms with E-state index in [1.807, 2.05) is 32.9 Å². The van der Waals surface area contributed by atoms with E-state index in [0.29, 0.717) is 21.6 Å². The number of nitrogens with one attached hydrogen (secondary N) is 2. The van der Waals surface area contributed by atoms with E-state index >= 15 is 0 Å². The maximum Gasteiger partial charge on any atom is 0.340 e. The highest BCUT2D eigenvalue weighted by Crippen LogP contribution is 2.29. The molecule has 6 nitrogen and oxygen atoms in total. The van der Waals surface area contributed by atoms with Gasteiger partial charge in [-0.05, 0) is 44.6 Å². The molecule has 0 bridgehead atoms. The number of hydrogen-bond donors (Lipinski definition) is 2. The van der Waals surface area contributed by atoms with Crippen LogP contribution < -0.4 is 10.6 Å². The number of aryl methyl sites for hydroxylation is 3. The molecule has 0 saturated carbocycles. The summed E-state index contributed by atoms with van der Waals surface area (Å²) in [6.07, 6.45) is 0.830. The van der Waals surface area contributed by atoms with Gasteiger partial charge in [0.2, 0.25) is 5.95 Å². The number of aromatic nitrogens is 2. The van der Waals surface area contributed by atoms with E-state index in [2.05, 4.69) is 20.6 Å². The second kappa shape index (κ2) is 7.47. The molecule has 0 aromatic carbocycles. The Bertz CT molecular complexity index is 723. The van der Waals surface area contributed by atoms with Crippen molar-refractivity contribution >= 4 is 45.6 Å². The molecule has 2 aromatic heterocycles. The summed E-state index contributed by atoms with van der Waals surface area (Å²) in [5.74, 6) is 0.0285. The smallest absolute Gasteiger partial charge is 0.340 e. The Morgan fingerprint density at radius 2 is 1.91 bits per heavy atom. The predicted octanol–water partition coefficient (Wildman–Crippen LogP) is 3.31. The summed E-state index contributed by atoms with van der Waals surface area (Å²) in [5.41, 5.74) is 2.17. The van der Waals surface area contributed by atoms with Crippen molar-refractivity contribution in [3.63, 3.8) is 0 Å². The van der Waals surface area contributed by atoms with Crippen molar-refractivity contribution in [2.24, 2.45) is 0 Å². The lowest BCUT2D eigenvalue weighted by Crippen LogP contribution is -2.21. The lowest BCUT2D eigenvalue weighted by molar-refractivity contribution is 0.0602. The van der Waals surface area contributed by atoms with Gasteiger partial charge in [0.1, 0.15) is 5.00 Å². The maximum atomic E-state index is 11.8. The van der Waals surface area contributed by atoms with Crippen molar-refractivity contribution in [2.45, 2.75) is 27.2 Å². The van der Waals surface area contributed by atoms with Gasteiger partial charge in [0.15, 0.2) is 5.11 Å². The molecule has 0 aliphatic carbocycles. The number of hydrogen-bond acceptors (Lipinski definition) is 6. The van der Waals surface area contributed by atoms with Crippen LogP contribution in [0.3, 0.4) is 0 Å². The second-order valence-electron chi connectivity index (χ2n) is 4.85. The third-order valence-electron chi connectivity index (χ3n) is 2.97. The van der Waals surface area contributed by atoms with E-state index in [4.69, 9.17) is 17.0 Å². The van der Waals surface area contributed by atoms with Gasteiger partial charge in [-0.1, -0.05) is 6.92 Å². The molecular weight excluding hydrogens is 332 g/mol. The van der Waals surface area contributed by atoms with E-state index in [1.54, 1.807) is 0 Å². The third-order valence-corrected chi connectivity index (χ3v) is 4.37. The van der Waals surface area contributed by atoms with E-state index in [9.17, 15) is 4.79 Å². The molecule has 0 saturated heterocycles. The zero-order valence-corrected chi connectivity index (χ0v) is 15.0. The summed E-state index contributed by atoms with van der Waals surface area (Å²) in [7, 11) is 1.36. The molecule has 0 amide bonds. The molecule has 2 heterocycles. The fourth-order valence-corrected chi connectivity index (χ4v) is 3.24. The van der Waals surface area contributed by atoms with Crippen LogP contribution in [0, 0.1) is 13.8 Å². The minimum absolute atomic E-state index is 0.324. The van der Waals surface area contributed by atoms with Crippen molar-refractivity contribution in [1.29, 1.82) is 0 Å². The molecule has 0 atom stereocenters. The van der Waals surface area contributed by atoms with Crippen LogP contribution in [0.5, 0.6) is 0 Å². The van der Waals surface area contributed by atoms with Gasteiger partial charge in [0.05, 0.1) is 12.7 Å². The Morgan fingerprint density at radius 3 is 2.48 bits per heavy atom. The number of anilines is 2. The summed E-state index contributed by atoms with van der Waals surface area (Å²) < 4.78 is 4.81. The normalized spacial score (nSPS) is 10.3. The van der Waals surface area contributed by atoms with Crippen LogP contribution in [0.15, 0.2) is 12.1 Å². The number of thiophene rings is 1. The van der Waals surface area contributed by atoms with Crippen molar-refractivity contribution in [2.75, 3.05) is 17.7 Å². The molecule has 122 valence electrons. The van der Waals surface area contributed by atoms with Gasteiger partial charge in [-0.2, -0.15) is 0 Å². The maximum absolute atomic E-state index is 11.8. The first-order valence-electron chi connectivity index (χ1n) is 7.04. The quantitative estimate of drug-likeness (QED) is 0.647. The molecule has 2 rings (SSSR count). The topological polar surface area (TPSA) is 76.1 Å². The van der Waals surface area contributed by atoms with Gasteiger partial charge in [-0.3, -0.25) is 0 Å². The molecule has 8 heteroatoms. The fourth-order valence-electron chi connectivity index (χ4n) is 1.99. The van der Waals surface area contributed by atoms with Crippen LogP contribution in [0.2, 0.25) is 0 Å². The standard InChI is InChI=1S/C15H18N4O2S2/c1-5-10-7-11(13(20)21-4)12(23-10)18-15(22)19-14-16-8(2)6-9(3)17-14/h6-7H,5H2,1-4H3,(H2,16,17,18,19,22). The summed E-state index contributed by atoms with van der Waals surface area (Å²) in [4.78, 5) is 21.5. The van der Waals surface area contributed by atoms with E-state index in [0.717, 1.165) is 22.7 Å². The van der Waals surface area contributed by atoms with Gasteiger partial charge in [-0.25, -0.2) is 14.8 Å². The number of rotatable bonds is 4. The summed E-state index contributed by atoms with van der Waals surface area (Å²) in [6, 6.07) is 3.69. The highest BCUT2D eigenvalue weighted by Gasteiger charge is 2.17. The highest BCUT2D eigenvalue weighted by atomic mass is 32.1. The van der Waals surface area contributed by atoms with Gasteiger partial charge >= 0.3 is 5.97 Å². The van der Waals surface area contributed by atoms with Gasteiger partial charge in [0, 0.05) is 16.3 Å². The average Bonchev–Trinajstić information content (AvgIpc) is 2.88. The van der Waals surface area contributed by atoms with Crippen molar-refractivity contribution < 1.29 is 9.53 Å². The molecule has 2 N–H and O–H groups in total. The number of carbonyl (C=O) groups excluding carboxylic acids is 1. The summed E-state index contributed by atoms with van der Waals surface area (Å²) in [5, 5.41) is 6.93. The average molecular weight is 350 g/mol. The molecule has 2 aromatic rings. The first kappa shape index (κ1) is 17.3. The molecule has 0 unspecified atom stereocenters. The fraction of sp³-hybridized carbons (Fsp3) is 0.333. The zero-order valence-electron chi connectivity index (χ0n) is 13.4. The van der Waals surface area contributed by atoms with Gasteiger partial charge < -0.3 is 15.4 Å². The van der Waals surface area contributed by atoms with Crippen molar-refractivity contribution in [3.05, 3.63) is 34.0 Å². The van der Waals surface area contributed by atoms with Crippen LogP contribution >= 0.6 is 23.6 Å². The van der Waals surface area contributed by atoms with Gasteiger partial charge in [0.25, 0.3) is 0 Å². The van der Waals surface area contributed by atoms with Crippen LogP contribution in [-0.4, -0.2) is 28.2 Å². The predicted molar refractivity (Wildman–Crippen MR) is 96.4 cm³/mol. The Balaban J connectivity index is 2.16. The molecular formula is C15H18N4O2S2. The molecule has 0 aliphatic rings. The number of ether oxygens (including phenoxy) is 1. The molecule has 0 radical (unpaired) electrons. The van der Waals surface area contributed by atoms with E-state index in [1.165, 1.54) is 18.4 Å². The van der Waals surface area contributed by atoms with Crippen LogP contribution in [0.1, 0.15) is 33.5 Å². The monoisotopic (exact) mass is 350 g/mol. The van der Waals surface area contributed by atoms with Crippen molar-refractivity contribution in [3.8, 4) is 0 Å². The Hall–Kier alpha value is -2.06. The number of nitrogens with zero attached hydrogens (tertiary/aromatic N) is 2. The number of methoxy groups -OCH3 is 1. The lowest BCUT2D eigenvalue weighted by atomic mass is 10.2. The molecule has 23 heavy (non-hydrogen) atoms. The molecule has 0 aliphatic heterocycles. The molecule has 0 fully saturated rings. The third kappa shape index (κ3) is 4.46. The SMILES string of the molecule is CCc1cc(C(=O)OC)c(NC(=S)Nc2nc(C)cc(C)n2)s1. The first-order valence-corrected chi connectivity index (χ1v) is 8.26. The Morgan fingerprint density at radius 1 is 1.26 bits per heavy atom. The number of carbonyl (C=O) groups is 1. The van der Waals surface area contributed by atoms with Crippen LogP contribution in [0.25, 0.3) is 0 Å². The Kier molecular flexibility index (Phi) is 5.62. The number of thiocarbonyl (C=S) groups is 1. The Labute approximate surface area is 144 Å². The van der Waals surface area contributed by atoms with Crippen LogP contribution in [0.4, 0.5) is 10.9 Å². The minimum atomic E-state index is -0.395. The van der Waals surface area contributed by atoms with Crippen LogP contribution in [-0.2, 0) is 11.2 Å². The minimum Gasteiger partial charge on any atom is -0.465 e. The van der Waals surface area contributed by atoms with E-state index in [-0.39, 0.29) is 0 Å². The number of esters is 1.